The van der Waals surface area contributed by atoms with Crippen LogP contribution in [0.15, 0.2) is 0 Å². The van der Waals surface area contributed by atoms with Crippen LogP contribution in [0.1, 0.15) is 32.6 Å². The molecule has 5 heteroatoms. The molecule has 0 aromatic rings. The number of nitrogens with zero attached hydrogens (tertiary/aromatic N) is 1. The van der Waals surface area contributed by atoms with Gasteiger partial charge in [0.1, 0.15) is 0 Å². The van der Waals surface area contributed by atoms with Crippen LogP contribution >= 0.6 is 0 Å². The van der Waals surface area contributed by atoms with Gasteiger partial charge in [-0.25, -0.2) is 0 Å². The lowest BCUT2D eigenvalue weighted by Gasteiger charge is -2.20. The standard InChI is InChI=1S/C14H29N3O2/c1-4-19-13(7-9-17(2)3)11-16-14(18)10-12-6-5-8-15-12/h12-13,15H,4-11H2,1-3H3,(H,16,18). The van der Waals surface area contributed by atoms with Gasteiger partial charge in [0.2, 0.25) is 5.91 Å². The molecule has 1 aliphatic rings. The van der Waals surface area contributed by atoms with Gasteiger partial charge in [0.05, 0.1) is 6.10 Å². The van der Waals surface area contributed by atoms with Gasteiger partial charge in [-0.15, -0.1) is 0 Å². The normalized spacial score (nSPS) is 20.7. The Labute approximate surface area is 117 Å². The van der Waals surface area contributed by atoms with Crippen molar-refractivity contribution in [2.75, 3.05) is 40.3 Å². The maximum absolute atomic E-state index is 11.8. The maximum atomic E-state index is 11.8. The first-order valence-electron chi connectivity index (χ1n) is 7.38. The fourth-order valence-electron chi connectivity index (χ4n) is 2.34. The highest BCUT2D eigenvalue weighted by Gasteiger charge is 2.18. The molecule has 5 nitrogen and oxygen atoms in total. The molecular weight excluding hydrogens is 242 g/mol. The van der Waals surface area contributed by atoms with Crippen LogP contribution in [0.4, 0.5) is 0 Å². The number of hydrogen-bond acceptors (Lipinski definition) is 4. The molecule has 0 aromatic heterocycles. The second-order valence-electron chi connectivity index (χ2n) is 5.47. The number of amides is 1. The van der Waals surface area contributed by atoms with Gasteiger partial charge in [0, 0.05) is 32.2 Å². The van der Waals surface area contributed by atoms with E-state index in [4.69, 9.17) is 4.74 Å². The molecular formula is C14H29N3O2. The minimum absolute atomic E-state index is 0.118. The SMILES string of the molecule is CCOC(CCN(C)C)CNC(=O)CC1CCCN1. The minimum Gasteiger partial charge on any atom is -0.377 e. The van der Waals surface area contributed by atoms with E-state index in [2.05, 4.69) is 15.5 Å². The van der Waals surface area contributed by atoms with Gasteiger partial charge >= 0.3 is 0 Å². The van der Waals surface area contributed by atoms with Crippen molar-refractivity contribution in [3.8, 4) is 0 Å². The van der Waals surface area contributed by atoms with Crippen LogP contribution in [0, 0.1) is 0 Å². The van der Waals surface area contributed by atoms with Crippen LogP contribution in [0.3, 0.4) is 0 Å². The third kappa shape index (κ3) is 7.50. The fraction of sp³-hybridized carbons (Fsp3) is 0.929. The summed E-state index contributed by atoms with van der Waals surface area (Å²) in [6, 6.07) is 0.368. The van der Waals surface area contributed by atoms with Crippen LogP contribution in [-0.2, 0) is 9.53 Å². The van der Waals surface area contributed by atoms with Gasteiger partial charge in [0.15, 0.2) is 0 Å². The maximum Gasteiger partial charge on any atom is 0.221 e. The average molecular weight is 271 g/mol. The van der Waals surface area contributed by atoms with Crippen molar-refractivity contribution < 1.29 is 9.53 Å². The molecule has 2 atom stereocenters. The second kappa shape index (κ2) is 9.28. The number of hydrogen-bond donors (Lipinski definition) is 2. The molecule has 0 saturated carbocycles. The molecule has 2 unspecified atom stereocenters. The van der Waals surface area contributed by atoms with Crippen LogP contribution in [0.2, 0.25) is 0 Å². The molecule has 2 N–H and O–H groups in total. The molecule has 0 aromatic carbocycles. The summed E-state index contributed by atoms with van der Waals surface area (Å²) in [6.45, 7) is 5.32. The lowest BCUT2D eigenvalue weighted by molar-refractivity contribution is -0.122. The Balaban J connectivity index is 2.19. The molecule has 1 aliphatic heterocycles. The van der Waals surface area contributed by atoms with E-state index in [1.807, 2.05) is 21.0 Å². The van der Waals surface area contributed by atoms with Crippen LogP contribution < -0.4 is 10.6 Å². The highest BCUT2D eigenvalue weighted by molar-refractivity contribution is 5.76. The Kier molecular flexibility index (Phi) is 8.02. The lowest BCUT2D eigenvalue weighted by atomic mass is 10.1. The number of carbonyl (C=O) groups excluding carboxylic acids is 1. The molecule has 0 spiro atoms. The van der Waals surface area contributed by atoms with E-state index in [0.29, 0.717) is 25.6 Å². The van der Waals surface area contributed by atoms with Gasteiger partial charge in [-0.3, -0.25) is 4.79 Å². The first-order valence-corrected chi connectivity index (χ1v) is 7.38. The Morgan fingerprint density at radius 3 is 2.89 bits per heavy atom. The molecule has 1 saturated heterocycles. The molecule has 1 fully saturated rings. The average Bonchev–Trinajstić information content (AvgIpc) is 2.85. The summed E-state index contributed by atoms with van der Waals surface area (Å²) < 4.78 is 5.66. The first-order chi connectivity index (χ1) is 9.11. The van der Waals surface area contributed by atoms with Crippen molar-refractivity contribution in [3.63, 3.8) is 0 Å². The van der Waals surface area contributed by atoms with Gasteiger partial charge < -0.3 is 20.3 Å². The highest BCUT2D eigenvalue weighted by atomic mass is 16.5. The molecule has 0 radical (unpaired) electrons. The van der Waals surface area contributed by atoms with E-state index in [9.17, 15) is 4.79 Å². The summed E-state index contributed by atoms with van der Waals surface area (Å²) in [5.74, 6) is 0.133. The zero-order valence-electron chi connectivity index (χ0n) is 12.6. The van der Waals surface area contributed by atoms with E-state index in [0.717, 1.165) is 25.9 Å². The largest absolute Gasteiger partial charge is 0.377 e. The van der Waals surface area contributed by atoms with Crippen molar-refractivity contribution in [1.29, 1.82) is 0 Å². The van der Waals surface area contributed by atoms with E-state index >= 15 is 0 Å². The summed E-state index contributed by atoms with van der Waals surface area (Å²) >= 11 is 0. The van der Waals surface area contributed by atoms with Crippen LogP contribution in [0.25, 0.3) is 0 Å². The minimum atomic E-state index is 0.118. The van der Waals surface area contributed by atoms with Gasteiger partial charge in [-0.05, 0) is 46.8 Å². The molecule has 19 heavy (non-hydrogen) atoms. The number of rotatable bonds is 9. The molecule has 112 valence electrons. The molecule has 1 amide bonds. The highest BCUT2D eigenvalue weighted by Crippen LogP contribution is 2.08. The summed E-state index contributed by atoms with van der Waals surface area (Å²) in [5.41, 5.74) is 0. The smallest absolute Gasteiger partial charge is 0.221 e. The van der Waals surface area contributed by atoms with Crippen molar-refractivity contribution in [1.82, 2.24) is 15.5 Å². The Morgan fingerprint density at radius 1 is 1.53 bits per heavy atom. The second-order valence-corrected chi connectivity index (χ2v) is 5.47. The summed E-state index contributed by atoms with van der Waals surface area (Å²) in [7, 11) is 4.10. The number of carbonyl (C=O) groups is 1. The predicted molar refractivity (Wildman–Crippen MR) is 77.2 cm³/mol. The van der Waals surface area contributed by atoms with Gasteiger partial charge in [-0.2, -0.15) is 0 Å². The van der Waals surface area contributed by atoms with Gasteiger partial charge in [-0.1, -0.05) is 0 Å². The summed E-state index contributed by atoms with van der Waals surface area (Å²) in [5, 5.41) is 6.34. The quantitative estimate of drug-likeness (QED) is 0.645. The zero-order chi connectivity index (χ0) is 14.1. The monoisotopic (exact) mass is 271 g/mol. The van der Waals surface area contributed by atoms with Crippen molar-refractivity contribution >= 4 is 5.91 Å². The Morgan fingerprint density at radius 2 is 2.32 bits per heavy atom. The van der Waals surface area contributed by atoms with Gasteiger partial charge in [0.25, 0.3) is 0 Å². The Bertz CT molecular complexity index is 253. The number of ether oxygens (including phenoxy) is 1. The fourth-order valence-corrected chi connectivity index (χ4v) is 2.34. The third-order valence-corrected chi connectivity index (χ3v) is 3.42. The molecule has 1 rings (SSSR count). The molecule has 0 aliphatic carbocycles. The van der Waals surface area contributed by atoms with Crippen molar-refractivity contribution in [2.24, 2.45) is 0 Å². The summed E-state index contributed by atoms with van der Waals surface area (Å²) in [4.78, 5) is 14.0. The van der Waals surface area contributed by atoms with E-state index in [1.54, 1.807) is 0 Å². The van der Waals surface area contributed by atoms with E-state index in [1.165, 1.54) is 6.42 Å². The lowest BCUT2D eigenvalue weighted by Crippen LogP contribution is -2.38. The van der Waals surface area contributed by atoms with Crippen LogP contribution in [-0.4, -0.2) is 63.3 Å². The Hall–Kier alpha value is -0.650. The third-order valence-electron chi connectivity index (χ3n) is 3.42. The predicted octanol–water partition coefficient (Wildman–Crippen LogP) is 0.602. The first kappa shape index (κ1) is 16.4. The summed E-state index contributed by atoms with van der Waals surface area (Å²) in [6.07, 6.45) is 3.95. The van der Waals surface area contributed by atoms with Crippen LogP contribution in [0.5, 0.6) is 0 Å². The molecule has 0 bridgehead atoms. The van der Waals surface area contributed by atoms with Crippen molar-refractivity contribution in [3.05, 3.63) is 0 Å². The zero-order valence-corrected chi connectivity index (χ0v) is 12.6. The topological polar surface area (TPSA) is 53.6 Å². The van der Waals surface area contributed by atoms with E-state index in [-0.39, 0.29) is 12.0 Å². The van der Waals surface area contributed by atoms with E-state index < -0.39 is 0 Å². The van der Waals surface area contributed by atoms with Crippen molar-refractivity contribution in [2.45, 2.75) is 44.8 Å². The molecule has 1 heterocycles. The number of nitrogens with one attached hydrogen (secondary N) is 2.